The van der Waals surface area contributed by atoms with Gasteiger partial charge in [-0.2, -0.15) is 0 Å². The molecule has 0 aliphatic rings. The molecule has 132 valence electrons. The number of halogens is 2. The average Bonchev–Trinajstić information content (AvgIpc) is 2.62. The normalized spacial score (nSPS) is 12.2. The van der Waals surface area contributed by atoms with Crippen LogP contribution in [0.4, 0.5) is 8.78 Å². The van der Waals surface area contributed by atoms with Gasteiger partial charge in [0.2, 0.25) is 5.91 Å². The predicted molar refractivity (Wildman–Crippen MR) is 94.2 cm³/mol. The fourth-order valence-corrected chi connectivity index (χ4v) is 2.37. The molecule has 0 bridgehead atoms. The molecule has 1 atom stereocenters. The van der Waals surface area contributed by atoms with Crippen molar-refractivity contribution in [3.63, 3.8) is 0 Å². The summed E-state index contributed by atoms with van der Waals surface area (Å²) < 4.78 is 32.0. The van der Waals surface area contributed by atoms with Crippen LogP contribution in [0, 0.1) is 11.6 Å². The van der Waals surface area contributed by atoms with Gasteiger partial charge in [0, 0.05) is 18.7 Å². The Labute approximate surface area is 146 Å². The third-order valence-corrected chi connectivity index (χ3v) is 3.98. The maximum absolute atomic E-state index is 13.4. The topological polar surface area (TPSA) is 29.5 Å². The van der Waals surface area contributed by atoms with Crippen LogP contribution in [0.15, 0.2) is 48.5 Å². The molecule has 0 aromatic heterocycles. The number of carbonyl (C=O) groups excluding carboxylic acids is 1. The molecule has 5 heteroatoms. The van der Waals surface area contributed by atoms with Crippen molar-refractivity contribution in [2.75, 3.05) is 13.7 Å². The second-order valence-corrected chi connectivity index (χ2v) is 5.60. The quantitative estimate of drug-likeness (QED) is 0.716. The molecule has 3 nitrogen and oxygen atoms in total. The van der Waals surface area contributed by atoms with Gasteiger partial charge in [-0.15, -0.1) is 0 Å². The van der Waals surface area contributed by atoms with Gasteiger partial charge in [-0.05, 0) is 43.7 Å². The maximum atomic E-state index is 13.4. The van der Waals surface area contributed by atoms with Gasteiger partial charge in [-0.3, -0.25) is 4.79 Å². The van der Waals surface area contributed by atoms with E-state index in [-0.39, 0.29) is 5.91 Å². The minimum absolute atomic E-state index is 0.247. The highest BCUT2D eigenvalue weighted by Crippen LogP contribution is 2.22. The van der Waals surface area contributed by atoms with E-state index >= 15 is 0 Å². The third-order valence-electron chi connectivity index (χ3n) is 3.98. The molecule has 1 amide bonds. The molecular weight excluding hydrogens is 324 g/mol. The minimum atomic E-state index is -0.925. The lowest BCUT2D eigenvalue weighted by Crippen LogP contribution is -2.28. The Morgan fingerprint density at radius 1 is 1.20 bits per heavy atom. The van der Waals surface area contributed by atoms with Crippen molar-refractivity contribution in [3.05, 3.63) is 71.3 Å². The zero-order valence-electron chi connectivity index (χ0n) is 14.5. The van der Waals surface area contributed by atoms with E-state index in [1.165, 1.54) is 17.0 Å². The summed E-state index contributed by atoms with van der Waals surface area (Å²) in [6, 6.07) is 10.7. The smallest absolute Gasteiger partial charge is 0.246 e. The van der Waals surface area contributed by atoms with Crippen molar-refractivity contribution < 1.29 is 18.3 Å². The number of amides is 1. The van der Waals surface area contributed by atoms with Gasteiger partial charge in [0.05, 0.1) is 12.6 Å². The Hall–Kier alpha value is -2.69. The van der Waals surface area contributed by atoms with Crippen LogP contribution in [0.25, 0.3) is 6.08 Å². The monoisotopic (exact) mass is 345 g/mol. The van der Waals surface area contributed by atoms with Gasteiger partial charge >= 0.3 is 0 Å². The number of para-hydroxylation sites is 1. The van der Waals surface area contributed by atoms with E-state index < -0.39 is 17.7 Å². The molecule has 25 heavy (non-hydrogen) atoms. The van der Waals surface area contributed by atoms with Crippen LogP contribution in [0.5, 0.6) is 5.75 Å². The van der Waals surface area contributed by atoms with Crippen molar-refractivity contribution in [2.24, 2.45) is 0 Å². The van der Waals surface area contributed by atoms with E-state index in [0.717, 1.165) is 17.7 Å². The number of hydrogen-bond donors (Lipinski definition) is 0. The fraction of sp³-hybridized carbons (Fsp3) is 0.250. The molecule has 0 saturated heterocycles. The largest absolute Gasteiger partial charge is 0.493 e. The van der Waals surface area contributed by atoms with E-state index in [1.807, 2.05) is 31.2 Å². The Balaban J connectivity index is 2.13. The first-order valence-electron chi connectivity index (χ1n) is 8.05. The van der Waals surface area contributed by atoms with Crippen LogP contribution in [0.3, 0.4) is 0 Å². The van der Waals surface area contributed by atoms with E-state index in [1.54, 1.807) is 20.0 Å². The van der Waals surface area contributed by atoms with Crippen molar-refractivity contribution in [3.8, 4) is 5.75 Å². The summed E-state index contributed by atoms with van der Waals surface area (Å²) in [6.07, 6.45) is 3.12. The van der Waals surface area contributed by atoms with Crippen molar-refractivity contribution in [1.29, 1.82) is 0 Å². The maximum Gasteiger partial charge on any atom is 0.246 e. The van der Waals surface area contributed by atoms with Gasteiger partial charge in [0.1, 0.15) is 5.75 Å². The Kier molecular flexibility index (Phi) is 6.28. The van der Waals surface area contributed by atoms with E-state index in [4.69, 9.17) is 4.74 Å². The molecule has 2 aromatic rings. The summed E-state index contributed by atoms with van der Waals surface area (Å²) in [5, 5.41) is 0. The standard InChI is InChI=1S/C20H21F2NO2/c1-4-25-19-8-6-5-7-15(19)10-12-20(24)23(3)14(2)16-9-11-17(21)18(22)13-16/h5-14H,4H2,1-3H3/b12-10+. The second kappa shape index (κ2) is 8.42. The summed E-state index contributed by atoms with van der Waals surface area (Å²) in [6.45, 7) is 4.18. The van der Waals surface area contributed by atoms with Crippen molar-refractivity contribution in [2.45, 2.75) is 19.9 Å². The van der Waals surface area contributed by atoms with Crippen LogP contribution >= 0.6 is 0 Å². The van der Waals surface area contributed by atoms with Crippen LogP contribution in [-0.2, 0) is 4.79 Å². The van der Waals surface area contributed by atoms with Gasteiger partial charge in [-0.1, -0.05) is 24.3 Å². The third kappa shape index (κ3) is 4.66. The number of nitrogens with zero attached hydrogens (tertiary/aromatic N) is 1. The summed E-state index contributed by atoms with van der Waals surface area (Å²) in [7, 11) is 1.62. The molecule has 1 unspecified atom stereocenters. The molecule has 0 heterocycles. The first kappa shape index (κ1) is 18.6. The molecule has 0 N–H and O–H groups in total. The SMILES string of the molecule is CCOc1ccccc1/C=C/C(=O)N(C)C(C)c1ccc(F)c(F)c1. The lowest BCUT2D eigenvalue weighted by atomic mass is 10.1. The number of likely N-dealkylation sites (N-methyl/N-ethyl adjacent to an activating group) is 1. The molecule has 0 aliphatic heterocycles. The molecule has 0 spiro atoms. The van der Waals surface area contributed by atoms with Gasteiger partial charge in [0.15, 0.2) is 11.6 Å². The number of hydrogen-bond acceptors (Lipinski definition) is 2. The Morgan fingerprint density at radius 3 is 2.60 bits per heavy atom. The first-order chi connectivity index (χ1) is 11.9. The molecule has 2 rings (SSSR count). The van der Waals surface area contributed by atoms with E-state index in [2.05, 4.69) is 0 Å². The molecular formula is C20H21F2NO2. The Bertz CT molecular complexity index is 774. The summed E-state index contributed by atoms with van der Waals surface area (Å²) in [4.78, 5) is 13.8. The molecule has 2 aromatic carbocycles. The molecule has 0 fully saturated rings. The Morgan fingerprint density at radius 2 is 1.92 bits per heavy atom. The number of benzene rings is 2. The van der Waals surface area contributed by atoms with Crippen LogP contribution < -0.4 is 4.74 Å². The first-order valence-corrected chi connectivity index (χ1v) is 8.05. The average molecular weight is 345 g/mol. The zero-order valence-corrected chi connectivity index (χ0v) is 14.5. The molecule has 0 aliphatic carbocycles. The highest BCUT2D eigenvalue weighted by molar-refractivity contribution is 5.92. The molecule has 0 saturated carbocycles. The van der Waals surface area contributed by atoms with E-state index in [9.17, 15) is 13.6 Å². The van der Waals surface area contributed by atoms with Crippen LogP contribution in [-0.4, -0.2) is 24.5 Å². The van der Waals surface area contributed by atoms with E-state index in [0.29, 0.717) is 17.9 Å². The minimum Gasteiger partial charge on any atom is -0.493 e. The predicted octanol–water partition coefficient (Wildman–Crippen LogP) is 4.60. The van der Waals surface area contributed by atoms with Crippen molar-refractivity contribution in [1.82, 2.24) is 4.90 Å². The summed E-state index contributed by atoms with van der Waals surface area (Å²) in [5.74, 6) is -1.38. The molecule has 0 radical (unpaired) electrons. The summed E-state index contributed by atoms with van der Waals surface area (Å²) in [5.41, 5.74) is 1.32. The highest BCUT2D eigenvalue weighted by Gasteiger charge is 2.17. The van der Waals surface area contributed by atoms with Gasteiger partial charge in [0.25, 0.3) is 0 Å². The fourth-order valence-electron chi connectivity index (χ4n) is 2.37. The highest BCUT2D eigenvalue weighted by atomic mass is 19.2. The number of rotatable bonds is 6. The van der Waals surface area contributed by atoms with Gasteiger partial charge < -0.3 is 9.64 Å². The van der Waals surface area contributed by atoms with Crippen molar-refractivity contribution >= 4 is 12.0 Å². The van der Waals surface area contributed by atoms with Crippen LogP contribution in [0.2, 0.25) is 0 Å². The number of ether oxygens (including phenoxy) is 1. The van der Waals surface area contributed by atoms with Crippen LogP contribution in [0.1, 0.15) is 31.0 Å². The summed E-state index contributed by atoms with van der Waals surface area (Å²) >= 11 is 0. The van der Waals surface area contributed by atoms with Gasteiger partial charge in [-0.25, -0.2) is 8.78 Å². The lowest BCUT2D eigenvalue weighted by Gasteiger charge is -2.24. The zero-order chi connectivity index (χ0) is 18.4. The second-order valence-electron chi connectivity index (χ2n) is 5.60. The lowest BCUT2D eigenvalue weighted by molar-refractivity contribution is -0.126. The number of carbonyl (C=O) groups is 1.